The van der Waals surface area contributed by atoms with Gasteiger partial charge < -0.3 is 14.7 Å². The number of benzene rings is 1. The van der Waals surface area contributed by atoms with E-state index in [1.165, 1.54) is 24.8 Å². The maximum Gasteiger partial charge on any atom is 0.305 e. The molecule has 118 valence electrons. The number of amides is 1. The zero-order valence-electron chi connectivity index (χ0n) is 12.5. The van der Waals surface area contributed by atoms with Gasteiger partial charge in [-0.3, -0.25) is 9.59 Å². The topological polar surface area (TPSA) is 66.8 Å². The van der Waals surface area contributed by atoms with Crippen LogP contribution in [0.4, 0.5) is 0 Å². The number of aliphatic carboxylic acids is 1. The van der Waals surface area contributed by atoms with Crippen molar-refractivity contribution in [2.75, 3.05) is 19.8 Å². The second-order valence-corrected chi connectivity index (χ2v) is 6.07. The highest BCUT2D eigenvalue weighted by Gasteiger charge is 2.30. The fourth-order valence-electron chi connectivity index (χ4n) is 3.10. The van der Waals surface area contributed by atoms with Gasteiger partial charge in [0.25, 0.3) is 5.91 Å². The summed E-state index contributed by atoms with van der Waals surface area (Å²) >= 11 is 0. The Hall–Kier alpha value is -1.88. The van der Waals surface area contributed by atoms with Crippen molar-refractivity contribution in [2.24, 2.45) is 0 Å². The predicted molar refractivity (Wildman–Crippen MR) is 80.9 cm³/mol. The van der Waals surface area contributed by atoms with Gasteiger partial charge in [-0.1, -0.05) is 18.6 Å². The lowest BCUT2D eigenvalue weighted by atomic mass is 9.80. The number of rotatable bonds is 4. The third-order valence-electron chi connectivity index (χ3n) is 4.63. The summed E-state index contributed by atoms with van der Waals surface area (Å²) in [5.41, 5.74) is 1.92. The van der Waals surface area contributed by atoms with Crippen LogP contribution >= 0.6 is 0 Å². The van der Waals surface area contributed by atoms with Crippen molar-refractivity contribution in [1.29, 1.82) is 0 Å². The summed E-state index contributed by atoms with van der Waals surface area (Å²) in [7, 11) is 0. The van der Waals surface area contributed by atoms with Gasteiger partial charge in [0, 0.05) is 12.1 Å². The Bertz CT molecular complexity index is 550. The monoisotopic (exact) mass is 303 g/mol. The highest BCUT2D eigenvalue weighted by molar-refractivity contribution is 5.94. The van der Waals surface area contributed by atoms with Gasteiger partial charge in [-0.25, -0.2) is 0 Å². The van der Waals surface area contributed by atoms with Crippen LogP contribution in [0.3, 0.4) is 0 Å². The minimum absolute atomic E-state index is 0.0775. The van der Waals surface area contributed by atoms with E-state index in [2.05, 4.69) is 0 Å². The molecular weight excluding hydrogens is 282 g/mol. The Morgan fingerprint density at radius 1 is 1.23 bits per heavy atom. The van der Waals surface area contributed by atoms with E-state index in [1.807, 2.05) is 24.3 Å². The number of carboxylic acid groups (broad SMARTS) is 1. The molecule has 1 aliphatic heterocycles. The third-order valence-corrected chi connectivity index (χ3v) is 4.63. The van der Waals surface area contributed by atoms with E-state index in [0.29, 0.717) is 24.6 Å². The molecule has 1 heterocycles. The molecule has 5 nitrogen and oxygen atoms in total. The van der Waals surface area contributed by atoms with Gasteiger partial charge in [0.05, 0.1) is 25.7 Å². The van der Waals surface area contributed by atoms with Gasteiger partial charge in [0.2, 0.25) is 0 Å². The summed E-state index contributed by atoms with van der Waals surface area (Å²) in [5.74, 6) is -0.365. The van der Waals surface area contributed by atoms with Crippen molar-refractivity contribution in [2.45, 2.75) is 37.6 Å². The summed E-state index contributed by atoms with van der Waals surface area (Å²) in [6.45, 7) is 1.20. The largest absolute Gasteiger partial charge is 0.481 e. The second kappa shape index (κ2) is 6.48. The molecule has 2 aliphatic rings. The van der Waals surface area contributed by atoms with E-state index in [9.17, 15) is 9.59 Å². The molecule has 2 fully saturated rings. The van der Waals surface area contributed by atoms with Crippen LogP contribution in [0.5, 0.6) is 0 Å². The van der Waals surface area contributed by atoms with Gasteiger partial charge in [0.1, 0.15) is 0 Å². The minimum Gasteiger partial charge on any atom is -0.481 e. The van der Waals surface area contributed by atoms with Crippen molar-refractivity contribution >= 4 is 11.9 Å². The lowest BCUT2D eigenvalue weighted by molar-refractivity contribution is -0.139. The van der Waals surface area contributed by atoms with Crippen molar-refractivity contribution in [3.05, 3.63) is 35.4 Å². The smallest absolute Gasteiger partial charge is 0.305 e. The van der Waals surface area contributed by atoms with Crippen molar-refractivity contribution < 1.29 is 19.4 Å². The first kappa shape index (κ1) is 15.0. The molecular formula is C17H21NO4. The molecule has 0 bridgehead atoms. The molecule has 1 aliphatic carbocycles. The summed E-state index contributed by atoms with van der Waals surface area (Å²) in [6.07, 6.45) is 3.68. The van der Waals surface area contributed by atoms with Gasteiger partial charge >= 0.3 is 5.97 Å². The standard InChI is InChI=1S/C17H21NO4/c19-16(20)10-15-11-22-9-8-18(15)17(21)14-6-4-13(5-7-14)12-2-1-3-12/h4-7,12,15H,1-3,8-11H2,(H,19,20). The van der Waals surface area contributed by atoms with Crippen LogP contribution in [-0.2, 0) is 9.53 Å². The molecule has 1 N–H and O–H groups in total. The zero-order chi connectivity index (χ0) is 15.5. The molecule has 1 unspecified atom stereocenters. The summed E-state index contributed by atoms with van der Waals surface area (Å²) in [4.78, 5) is 25.2. The first-order valence-corrected chi connectivity index (χ1v) is 7.85. The number of nitrogens with zero attached hydrogens (tertiary/aromatic N) is 1. The number of carbonyl (C=O) groups is 2. The normalized spacial score (nSPS) is 22.2. The summed E-state index contributed by atoms with van der Waals surface area (Å²) in [5, 5.41) is 8.97. The van der Waals surface area contributed by atoms with E-state index in [-0.39, 0.29) is 25.0 Å². The SMILES string of the molecule is O=C(O)CC1COCCN1C(=O)c1ccc(C2CCC2)cc1. The number of carbonyl (C=O) groups excluding carboxylic acids is 1. The van der Waals surface area contributed by atoms with Crippen LogP contribution < -0.4 is 0 Å². The van der Waals surface area contributed by atoms with E-state index in [4.69, 9.17) is 9.84 Å². The molecule has 1 saturated heterocycles. The number of carboxylic acids is 1. The van der Waals surface area contributed by atoms with Crippen LogP contribution in [-0.4, -0.2) is 47.7 Å². The van der Waals surface area contributed by atoms with Gasteiger partial charge in [-0.15, -0.1) is 0 Å². The van der Waals surface area contributed by atoms with E-state index in [0.717, 1.165) is 0 Å². The number of hydrogen-bond acceptors (Lipinski definition) is 3. The van der Waals surface area contributed by atoms with Crippen LogP contribution in [0.1, 0.15) is 47.5 Å². The Kier molecular flexibility index (Phi) is 4.43. The van der Waals surface area contributed by atoms with E-state index < -0.39 is 5.97 Å². The molecule has 1 saturated carbocycles. The summed E-state index contributed by atoms with van der Waals surface area (Å²) < 4.78 is 5.31. The van der Waals surface area contributed by atoms with Crippen LogP contribution in [0.2, 0.25) is 0 Å². The van der Waals surface area contributed by atoms with E-state index in [1.54, 1.807) is 4.90 Å². The molecule has 1 aromatic carbocycles. The Morgan fingerprint density at radius 3 is 2.55 bits per heavy atom. The van der Waals surface area contributed by atoms with Crippen LogP contribution in [0, 0.1) is 0 Å². The minimum atomic E-state index is -0.909. The molecule has 22 heavy (non-hydrogen) atoms. The van der Waals surface area contributed by atoms with E-state index >= 15 is 0 Å². The average molecular weight is 303 g/mol. The van der Waals surface area contributed by atoms with Gasteiger partial charge in [0.15, 0.2) is 0 Å². The van der Waals surface area contributed by atoms with Crippen molar-refractivity contribution in [1.82, 2.24) is 4.90 Å². The Balaban J connectivity index is 1.71. The average Bonchev–Trinajstić information content (AvgIpc) is 2.45. The maximum atomic E-state index is 12.6. The van der Waals surface area contributed by atoms with Crippen LogP contribution in [0.15, 0.2) is 24.3 Å². The molecule has 5 heteroatoms. The first-order valence-electron chi connectivity index (χ1n) is 7.85. The van der Waals surface area contributed by atoms with Crippen molar-refractivity contribution in [3.63, 3.8) is 0 Å². The number of hydrogen-bond donors (Lipinski definition) is 1. The fraction of sp³-hybridized carbons (Fsp3) is 0.529. The van der Waals surface area contributed by atoms with Gasteiger partial charge in [-0.2, -0.15) is 0 Å². The van der Waals surface area contributed by atoms with Crippen LogP contribution in [0.25, 0.3) is 0 Å². The first-order chi connectivity index (χ1) is 10.6. The molecule has 0 radical (unpaired) electrons. The zero-order valence-corrected chi connectivity index (χ0v) is 12.5. The molecule has 0 spiro atoms. The molecule has 3 rings (SSSR count). The summed E-state index contributed by atoms with van der Waals surface area (Å²) in [6, 6.07) is 7.41. The number of ether oxygens (including phenoxy) is 1. The second-order valence-electron chi connectivity index (χ2n) is 6.07. The number of morpholine rings is 1. The highest BCUT2D eigenvalue weighted by Crippen LogP contribution is 2.36. The Labute approximate surface area is 129 Å². The lowest BCUT2D eigenvalue weighted by Crippen LogP contribution is -2.49. The van der Waals surface area contributed by atoms with Crippen molar-refractivity contribution in [3.8, 4) is 0 Å². The van der Waals surface area contributed by atoms with Gasteiger partial charge in [-0.05, 0) is 36.5 Å². The quantitative estimate of drug-likeness (QED) is 0.926. The fourth-order valence-corrected chi connectivity index (χ4v) is 3.10. The maximum absolute atomic E-state index is 12.6. The highest BCUT2D eigenvalue weighted by atomic mass is 16.5. The molecule has 0 aromatic heterocycles. The Morgan fingerprint density at radius 2 is 1.95 bits per heavy atom. The lowest BCUT2D eigenvalue weighted by Gasteiger charge is -2.35. The molecule has 1 aromatic rings. The molecule has 1 atom stereocenters. The predicted octanol–water partition coefficient (Wildman–Crippen LogP) is 2.27. The third kappa shape index (κ3) is 3.14. The molecule has 1 amide bonds.